The highest BCUT2D eigenvalue weighted by Crippen LogP contribution is 2.68. The smallest absolute Gasteiger partial charge is 0.410 e. The van der Waals surface area contributed by atoms with Gasteiger partial charge in [-0.25, -0.2) is 19.2 Å². The third-order valence-corrected chi connectivity index (χ3v) is 22.0. The summed E-state index contributed by atoms with van der Waals surface area (Å²) in [5.41, 5.74) is -1.95. The summed E-state index contributed by atoms with van der Waals surface area (Å²) in [6, 6.07) is 0.0779. The Morgan fingerprint density at radius 2 is 1.07 bits per heavy atom. The number of fused-ring (bicyclic) bond motifs is 5. The van der Waals surface area contributed by atoms with Crippen LogP contribution in [-0.4, -0.2) is 122 Å². The van der Waals surface area contributed by atoms with E-state index < -0.39 is 42.9 Å². The first kappa shape index (κ1) is 61.8. The first-order chi connectivity index (χ1) is 32.9. The maximum Gasteiger partial charge on any atom is 0.410 e. The molecular weight excluding hydrogens is 925 g/mol. The highest BCUT2D eigenvalue weighted by atomic mass is 28.4. The molecular formula is C58H108N4O9Si. The lowest BCUT2D eigenvalue weighted by Gasteiger charge is -2.62. The lowest BCUT2D eigenvalue weighted by atomic mass is 9.44. The van der Waals surface area contributed by atoms with Gasteiger partial charge in [0.25, 0.3) is 0 Å². The van der Waals surface area contributed by atoms with E-state index in [2.05, 4.69) is 60.0 Å². The van der Waals surface area contributed by atoms with Crippen molar-refractivity contribution in [1.29, 1.82) is 0 Å². The summed E-state index contributed by atoms with van der Waals surface area (Å²) in [6.07, 6.45) is 11.7. The van der Waals surface area contributed by atoms with Gasteiger partial charge >= 0.3 is 24.4 Å². The zero-order valence-corrected chi connectivity index (χ0v) is 50.7. The molecule has 0 aromatic heterocycles. The molecule has 0 aromatic rings. The third kappa shape index (κ3) is 17.4. The van der Waals surface area contributed by atoms with Gasteiger partial charge in [0.2, 0.25) is 0 Å². The van der Waals surface area contributed by atoms with Crippen LogP contribution in [0.2, 0.25) is 18.1 Å². The highest BCUT2D eigenvalue weighted by Gasteiger charge is 2.61. The summed E-state index contributed by atoms with van der Waals surface area (Å²) in [6.45, 7) is 45.3. The average Bonchev–Trinajstić information content (AvgIpc) is 3.57. The van der Waals surface area contributed by atoms with Gasteiger partial charge < -0.3 is 43.4 Å². The fourth-order valence-corrected chi connectivity index (χ4v) is 14.1. The zero-order chi connectivity index (χ0) is 54.5. The molecule has 9 atom stereocenters. The van der Waals surface area contributed by atoms with E-state index in [9.17, 15) is 19.2 Å². The second-order valence-electron chi connectivity index (χ2n) is 28.8. The Balaban J connectivity index is 1.41. The Morgan fingerprint density at radius 1 is 0.583 bits per heavy atom. The van der Waals surface area contributed by atoms with E-state index in [0.717, 1.165) is 49.5 Å². The molecule has 0 heterocycles. The van der Waals surface area contributed by atoms with Crippen LogP contribution in [0.5, 0.6) is 0 Å². The van der Waals surface area contributed by atoms with Crippen LogP contribution in [0.25, 0.3) is 0 Å². The van der Waals surface area contributed by atoms with E-state index in [1.54, 1.807) is 9.80 Å². The van der Waals surface area contributed by atoms with Crippen molar-refractivity contribution in [2.24, 2.45) is 46.3 Å². The second kappa shape index (κ2) is 24.1. The Hall–Kier alpha value is -2.74. The molecule has 0 spiro atoms. The summed E-state index contributed by atoms with van der Waals surface area (Å²) < 4.78 is 30.0. The fraction of sp³-hybridized carbons (Fsp3) is 0.931. The number of nitrogens with zero attached hydrogens (tertiary/aromatic N) is 3. The summed E-state index contributed by atoms with van der Waals surface area (Å²) >= 11 is 0. The molecule has 72 heavy (non-hydrogen) atoms. The fourth-order valence-electron chi connectivity index (χ4n) is 13.0. The SMILES string of the molecule is C[C@H](CO[Si](C)(C)C(C)(C)C)[C@H]1CC[C@H]2[C@@H]3CC[C@H]4C[C@@H](N(CCCN(CCCCN(CCCNC(=O)OC(C)(C)C)C(=O)OC(C)(C)C)C(=O)OC(C)(C)C)C(=O)OC(C)(C)C)CC[C@]4(C)[C@H]3CC[C@]12C. The van der Waals surface area contributed by atoms with Crippen LogP contribution in [0.1, 0.15) is 208 Å². The zero-order valence-electron chi connectivity index (χ0n) is 49.7. The van der Waals surface area contributed by atoms with Crippen molar-refractivity contribution in [2.75, 3.05) is 45.9 Å². The van der Waals surface area contributed by atoms with Crippen molar-refractivity contribution in [3.05, 3.63) is 0 Å². The van der Waals surface area contributed by atoms with E-state index in [1.807, 2.05) is 88.0 Å². The van der Waals surface area contributed by atoms with Crippen molar-refractivity contribution >= 4 is 32.7 Å². The van der Waals surface area contributed by atoms with Gasteiger partial charge in [-0.2, -0.15) is 0 Å². The van der Waals surface area contributed by atoms with Crippen LogP contribution in [0, 0.1) is 46.3 Å². The Bertz CT molecular complexity index is 1790. The summed E-state index contributed by atoms with van der Waals surface area (Å²) in [4.78, 5) is 59.0. The molecule has 0 aliphatic heterocycles. The summed E-state index contributed by atoms with van der Waals surface area (Å²) in [5.74, 6) is 4.12. The minimum atomic E-state index is -1.81. The van der Waals surface area contributed by atoms with Crippen LogP contribution in [0.4, 0.5) is 19.2 Å². The number of hydrogen-bond acceptors (Lipinski definition) is 9. The predicted molar refractivity (Wildman–Crippen MR) is 293 cm³/mol. The van der Waals surface area contributed by atoms with Gasteiger partial charge in [-0.1, -0.05) is 41.5 Å². The molecule has 0 unspecified atom stereocenters. The molecule has 13 nitrogen and oxygen atoms in total. The molecule has 4 fully saturated rings. The number of hydrogen-bond donors (Lipinski definition) is 1. The van der Waals surface area contributed by atoms with E-state index in [-0.39, 0.29) is 28.7 Å². The number of alkyl carbamates (subject to hydrolysis) is 1. The molecule has 0 bridgehead atoms. The van der Waals surface area contributed by atoms with Gasteiger partial charge in [0.1, 0.15) is 22.4 Å². The molecule has 4 aliphatic carbocycles. The van der Waals surface area contributed by atoms with Gasteiger partial charge in [0.05, 0.1) is 0 Å². The number of rotatable bonds is 18. The number of unbranched alkanes of at least 4 members (excludes halogenated alkanes) is 1. The minimum absolute atomic E-state index is 0.0779. The van der Waals surface area contributed by atoms with Gasteiger partial charge in [-0.05, 0) is 231 Å². The normalized spacial score (nSPS) is 27.3. The average molecular weight is 1030 g/mol. The third-order valence-electron chi connectivity index (χ3n) is 17.5. The monoisotopic (exact) mass is 1030 g/mol. The molecule has 0 saturated heterocycles. The summed E-state index contributed by atoms with van der Waals surface area (Å²) in [5, 5.41) is 2.99. The van der Waals surface area contributed by atoms with Crippen molar-refractivity contribution in [3.8, 4) is 0 Å². The molecule has 0 aromatic carbocycles. The molecule has 14 heteroatoms. The molecule has 4 aliphatic rings. The van der Waals surface area contributed by atoms with Crippen LogP contribution in [0.15, 0.2) is 0 Å². The van der Waals surface area contributed by atoms with Crippen LogP contribution >= 0.6 is 0 Å². The van der Waals surface area contributed by atoms with Gasteiger partial charge in [-0.15, -0.1) is 0 Å². The van der Waals surface area contributed by atoms with E-state index in [4.69, 9.17) is 23.4 Å². The molecule has 0 radical (unpaired) electrons. The van der Waals surface area contributed by atoms with Crippen molar-refractivity contribution < 1.29 is 42.6 Å². The van der Waals surface area contributed by atoms with Crippen LogP contribution < -0.4 is 5.32 Å². The molecule has 4 saturated carbocycles. The maximum absolute atomic E-state index is 14.2. The predicted octanol–water partition coefficient (Wildman–Crippen LogP) is 14.5. The quantitative estimate of drug-likeness (QED) is 0.0808. The van der Waals surface area contributed by atoms with Crippen molar-refractivity contribution in [1.82, 2.24) is 20.0 Å². The second-order valence-corrected chi connectivity index (χ2v) is 33.6. The summed E-state index contributed by atoms with van der Waals surface area (Å²) in [7, 11) is -1.81. The van der Waals surface area contributed by atoms with Crippen LogP contribution in [-0.2, 0) is 23.4 Å². The van der Waals surface area contributed by atoms with E-state index >= 15 is 0 Å². The number of carbonyl (C=O) groups excluding carboxylic acids is 4. The lowest BCUT2D eigenvalue weighted by Crippen LogP contribution is -2.56. The van der Waals surface area contributed by atoms with Crippen molar-refractivity contribution in [3.63, 3.8) is 0 Å². The first-order valence-corrected chi connectivity index (χ1v) is 31.3. The van der Waals surface area contributed by atoms with E-state index in [0.29, 0.717) is 82.2 Å². The topological polar surface area (TPSA) is 136 Å². The van der Waals surface area contributed by atoms with Crippen LogP contribution in [0.3, 0.4) is 0 Å². The Morgan fingerprint density at radius 3 is 1.60 bits per heavy atom. The number of amides is 4. The lowest BCUT2D eigenvalue weighted by molar-refractivity contribution is -0.124. The number of carbonyl (C=O) groups is 4. The van der Waals surface area contributed by atoms with Gasteiger partial charge in [0, 0.05) is 51.9 Å². The van der Waals surface area contributed by atoms with Gasteiger partial charge in [0.15, 0.2) is 8.32 Å². The van der Waals surface area contributed by atoms with Crippen molar-refractivity contribution in [2.45, 2.75) is 255 Å². The molecule has 4 amide bonds. The molecule has 4 rings (SSSR count). The number of ether oxygens (including phenoxy) is 4. The highest BCUT2D eigenvalue weighted by molar-refractivity contribution is 6.74. The minimum Gasteiger partial charge on any atom is -0.444 e. The van der Waals surface area contributed by atoms with E-state index in [1.165, 1.54) is 38.5 Å². The molecule has 1 N–H and O–H groups in total. The number of nitrogens with one attached hydrogen (secondary N) is 1. The Labute approximate surface area is 440 Å². The first-order valence-electron chi connectivity index (χ1n) is 28.4. The largest absolute Gasteiger partial charge is 0.444 e. The van der Waals surface area contributed by atoms with Gasteiger partial charge in [-0.3, -0.25) is 0 Å². The Kier molecular flexibility index (Phi) is 20.7. The maximum atomic E-state index is 14.2. The standard InChI is InChI=1S/C58H108N4O9Si/c1-41(40-67-72(19,20)56(14,15)16)45-27-28-46-44-26-25-42-39-43(29-31-57(42,17)47(44)30-32-58(45,46)18)62(51(66)71-55(11,12)13)38-24-37-61(50(65)70-54(8,9)10)35-22-21-34-60(49(64)69-53(5,6)7)36-23-33-59-48(63)68-52(2,3)4/h41-47H,21-40H2,1-20H3,(H,59,63)/t41-,42+,43+,44+,45-,46+,47+,57+,58-/m1/s1. The molecule has 418 valence electrons.